The lowest BCUT2D eigenvalue weighted by Gasteiger charge is -2.11. The Hall–Kier alpha value is -3.16. The Labute approximate surface area is 165 Å². The van der Waals surface area contributed by atoms with Crippen LogP contribution in [0.25, 0.3) is 16.7 Å². The Morgan fingerprint density at radius 1 is 1.39 bits per heavy atom. The van der Waals surface area contributed by atoms with Gasteiger partial charge in [-0.2, -0.15) is 5.10 Å². The molecule has 7 heteroatoms. The lowest BCUT2D eigenvalue weighted by molar-refractivity contribution is 0.0996. The van der Waals surface area contributed by atoms with Gasteiger partial charge in [0.05, 0.1) is 17.0 Å². The van der Waals surface area contributed by atoms with Gasteiger partial charge in [-0.25, -0.2) is 9.67 Å². The molecule has 1 aromatic carbocycles. The number of hydrogen-bond acceptors (Lipinski definition) is 4. The summed E-state index contributed by atoms with van der Waals surface area (Å²) in [5.74, 6) is 6.18. The van der Waals surface area contributed by atoms with E-state index in [1.807, 2.05) is 25.2 Å². The first kappa shape index (κ1) is 18.2. The number of carbonyl (C=O) groups excluding carboxylic acids is 1. The minimum atomic E-state index is -0.581. The van der Waals surface area contributed by atoms with Gasteiger partial charge in [0.15, 0.2) is 11.3 Å². The van der Waals surface area contributed by atoms with Crippen molar-refractivity contribution in [3.8, 4) is 17.5 Å². The summed E-state index contributed by atoms with van der Waals surface area (Å²) < 4.78 is 1.64. The Kier molecular flexibility index (Phi) is 4.62. The summed E-state index contributed by atoms with van der Waals surface area (Å²) in [5, 5.41) is 5.99. The Morgan fingerprint density at radius 2 is 2.21 bits per heavy atom. The number of primary amides is 1. The number of pyridine rings is 1. The van der Waals surface area contributed by atoms with E-state index >= 15 is 0 Å². The third-order valence-electron chi connectivity index (χ3n) is 4.90. The molecular formula is C21H20N5OP. The topological polar surface area (TPSA) is 77.0 Å². The molecule has 1 saturated heterocycles. The molecule has 1 aliphatic heterocycles. The summed E-state index contributed by atoms with van der Waals surface area (Å²) in [6, 6.07) is 9.43. The highest BCUT2D eigenvalue weighted by Crippen LogP contribution is 2.24. The summed E-state index contributed by atoms with van der Waals surface area (Å²) in [4.78, 5) is 18.3. The van der Waals surface area contributed by atoms with Crippen LogP contribution in [0.2, 0.25) is 0 Å². The van der Waals surface area contributed by atoms with Crippen molar-refractivity contribution in [1.29, 1.82) is 0 Å². The normalized spacial score (nSPS) is 16.3. The van der Waals surface area contributed by atoms with E-state index in [0.29, 0.717) is 11.0 Å². The number of hydrogen-bond donors (Lipinski definition) is 1. The lowest BCUT2D eigenvalue weighted by atomic mass is 10.1. The summed E-state index contributed by atoms with van der Waals surface area (Å²) in [6.45, 7) is 5.10. The van der Waals surface area contributed by atoms with Gasteiger partial charge in [-0.3, -0.25) is 4.79 Å². The number of carbonyl (C=O) groups is 1. The maximum atomic E-state index is 11.8. The van der Waals surface area contributed by atoms with Crippen LogP contribution in [-0.2, 0) is 0 Å². The predicted molar refractivity (Wildman–Crippen MR) is 113 cm³/mol. The van der Waals surface area contributed by atoms with E-state index < -0.39 is 5.91 Å². The van der Waals surface area contributed by atoms with Crippen LogP contribution in [-0.4, -0.2) is 39.2 Å². The van der Waals surface area contributed by atoms with Gasteiger partial charge < -0.3 is 10.6 Å². The average Bonchev–Trinajstić information content (AvgIpc) is 3.21. The molecule has 6 nitrogen and oxygen atoms in total. The molecule has 0 aliphatic carbocycles. The standard InChI is InChI=1S/C21H20N5OP/c1-13-15(7-9-25(13)2)6-5-14-10-16(12-17(28)11-14)26-21-18(4-3-8-23-21)19(24-26)20(22)27/h3-4,8,10-12,15H,1,7,9,28H2,2H3,(H2,22,27)/t15-/m1/s1. The van der Waals surface area contributed by atoms with Crippen molar-refractivity contribution < 1.29 is 4.79 Å². The van der Waals surface area contributed by atoms with E-state index in [4.69, 9.17) is 5.73 Å². The van der Waals surface area contributed by atoms with Gasteiger partial charge in [0.25, 0.3) is 5.91 Å². The van der Waals surface area contributed by atoms with Crippen LogP contribution in [0.3, 0.4) is 0 Å². The second-order valence-corrected chi connectivity index (χ2v) is 7.50. The molecular weight excluding hydrogens is 369 g/mol. The second kappa shape index (κ2) is 7.10. The molecule has 3 aromatic rings. The fourth-order valence-corrected chi connectivity index (χ4v) is 3.72. The predicted octanol–water partition coefficient (Wildman–Crippen LogP) is 1.84. The molecule has 1 unspecified atom stereocenters. The SMILES string of the molecule is C=C1[C@H](C#Cc2cc(P)cc(-n3nc(C(N)=O)c4cccnc43)c2)CCN1C. The fourth-order valence-electron chi connectivity index (χ4n) is 3.37. The number of allylic oxidation sites excluding steroid dienone is 1. The summed E-state index contributed by atoms with van der Waals surface area (Å²) >= 11 is 0. The molecule has 4 rings (SSSR count). The number of fused-ring (bicyclic) bond motifs is 1. The first-order valence-corrected chi connectivity index (χ1v) is 9.48. The van der Waals surface area contributed by atoms with Crippen LogP contribution < -0.4 is 11.0 Å². The molecule has 28 heavy (non-hydrogen) atoms. The van der Waals surface area contributed by atoms with Crippen LogP contribution in [0.1, 0.15) is 22.5 Å². The highest BCUT2D eigenvalue weighted by molar-refractivity contribution is 7.27. The number of nitrogens with zero attached hydrogens (tertiary/aromatic N) is 4. The zero-order valence-corrected chi connectivity index (χ0v) is 16.7. The van der Waals surface area contributed by atoms with Crippen molar-refractivity contribution in [2.45, 2.75) is 6.42 Å². The lowest BCUT2D eigenvalue weighted by Crippen LogP contribution is -2.12. The van der Waals surface area contributed by atoms with E-state index in [0.717, 1.165) is 35.2 Å². The molecule has 140 valence electrons. The second-order valence-electron chi connectivity index (χ2n) is 6.84. The number of aromatic nitrogens is 3. The van der Waals surface area contributed by atoms with Gasteiger partial charge in [0.1, 0.15) is 0 Å². The van der Waals surface area contributed by atoms with E-state index in [-0.39, 0.29) is 11.6 Å². The van der Waals surface area contributed by atoms with Crippen molar-refractivity contribution in [3.63, 3.8) is 0 Å². The van der Waals surface area contributed by atoms with Gasteiger partial charge in [-0.05, 0) is 42.1 Å². The number of nitrogens with two attached hydrogens (primary N) is 1. The van der Waals surface area contributed by atoms with Crippen LogP contribution in [0.4, 0.5) is 0 Å². The van der Waals surface area contributed by atoms with Gasteiger partial charge in [-0.1, -0.05) is 18.4 Å². The first-order chi connectivity index (χ1) is 13.4. The van der Waals surface area contributed by atoms with Crippen LogP contribution >= 0.6 is 9.24 Å². The Balaban J connectivity index is 1.78. The third kappa shape index (κ3) is 3.26. The van der Waals surface area contributed by atoms with Gasteiger partial charge in [-0.15, -0.1) is 9.24 Å². The maximum Gasteiger partial charge on any atom is 0.269 e. The van der Waals surface area contributed by atoms with Crippen molar-refractivity contribution in [3.05, 3.63) is 60.1 Å². The third-order valence-corrected chi connectivity index (χ3v) is 5.23. The molecule has 1 aliphatic rings. The van der Waals surface area contributed by atoms with E-state index in [1.165, 1.54) is 0 Å². The van der Waals surface area contributed by atoms with E-state index in [1.54, 1.807) is 23.0 Å². The maximum absolute atomic E-state index is 11.8. The average molecular weight is 389 g/mol. The summed E-state index contributed by atoms with van der Waals surface area (Å²) in [5.41, 5.74) is 8.97. The minimum absolute atomic E-state index is 0.176. The number of likely N-dealkylation sites (tertiary alicyclic amines) is 1. The molecule has 0 spiro atoms. The first-order valence-electron chi connectivity index (χ1n) is 8.90. The number of rotatable bonds is 2. The highest BCUT2D eigenvalue weighted by Gasteiger charge is 2.21. The van der Waals surface area contributed by atoms with Crippen LogP contribution in [0.15, 0.2) is 48.8 Å². The van der Waals surface area contributed by atoms with Gasteiger partial charge >= 0.3 is 0 Å². The molecule has 2 N–H and O–H groups in total. The molecule has 1 amide bonds. The molecule has 0 saturated carbocycles. The molecule has 2 aromatic heterocycles. The molecule has 1 fully saturated rings. The van der Waals surface area contributed by atoms with Crippen LogP contribution in [0, 0.1) is 17.8 Å². The van der Waals surface area contributed by atoms with Crippen molar-refractivity contribution >= 4 is 31.5 Å². The van der Waals surface area contributed by atoms with Crippen LogP contribution in [0.5, 0.6) is 0 Å². The zero-order chi connectivity index (χ0) is 19.8. The van der Waals surface area contributed by atoms with Crippen molar-refractivity contribution in [1.82, 2.24) is 19.7 Å². The molecule has 2 atom stereocenters. The molecule has 0 bridgehead atoms. The van der Waals surface area contributed by atoms with Gasteiger partial charge in [0, 0.05) is 31.0 Å². The Morgan fingerprint density at radius 3 is 2.93 bits per heavy atom. The zero-order valence-electron chi connectivity index (χ0n) is 15.5. The smallest absolute Gasteiger partial charge is 0.269 e. The Bertz CT molecular complexity index is 1170. The summed E-state index contributed by atoms with van der Waals surface area (Å²) in [7, 11) is 4.73. The fraction of sp³-hybridized carbons (Fsp3) is 0.190. The van der Waals surface area contributed by atoms with E-state index in [9.17, 15) is 4.79 Å². The minimum Gasteiger partial charge on any atom is -0.377 e. The van der Waals surface area contributed by atoms with Gasteiger partial charge in [0.2, 0.25) is 0 Å². The monoisotopic (exact) mass is 389 g/mol. The largest absolute Gasteiger partial charge is 0.377 e. The summed E-state index contributed by atoms with van der Waals surface area (Å²) in [6.07, 6.45) is 2.66. The van der Waals surface area contributed by atoms with Crippen molar-refractivity contribution in [2.24, 2.45) is 11.7 Å². The molecule has 0 radical (unpaired) electrons. The number of benzene rings is 1. The number of amides is 1. The highest BCUT2D eigenvalue weighted by atomic mass is 31.0. The van der Waals surface area contributed by atoms with E-state index in [2.05, 4.69) is 42.6 Å². The molecule has 3 heterocycles. The quantitative estimate of drug-likeness (QED) is 0.536. The van der Waals surface area contributed by atoms with Crippen molar-refractivity contribution in [2.75, 3.05) is 13.6 Å².